The summed E-state index contributed by atoms with van der Waals surface area (Å²) in [6.07, 6.45) is 1.21. The van der Waals surface area contributed by atoms with E-state index in [2.05, 4.69) is 57.1 Å². The number of nitrogens with zero attached hydrogens (tertiary/aromatic N) is 2. The first-order valence-electron chi connectivity index (χ1n) is 7.23. The van der Waals surface area contributed by atoms with Gasteiger partial charge in [-0.1, -0.05) is 19.9 Å². The average molecular weight is 354 g/mol. The van der Waals surface area contributed by atoms with Crippen LogP contribution in [0.2, 0.25) is 0 Å². The van der Waals surface area contributed by atoms with Crippen LogP contribution in [0.1, 0.15) is 25.8 Å². The van der Waals surface area contributed by atoms with E-state index in [1.54, 1.807) is 7.11 Å². The fourth-order valence-electron chi connectivity index (χ4n) is 2.63. The Bertz CT molecular complexity index is 528. The van der Waals surface area contributed by atoms with Crippen molar-refractivity contribution in [2.75, 3.05) is 27.2 Å². The van der Waals surface area contributed by atoms with Crippen LogP contribution in [0, 0.1) is 5.41 Å². The van der Waals surface area contributed by atoms with Crippen LogP contribution in [-0.2, 0) is 6.54 Å². The first kappa shape index (κ1) is 16.1. The molecule has 21 heavy (non-hydrogen) atoms. The van der Waals surface area contributed by atoms with Gasteiger partial charge in [0.25, 0.3) is 0 Å². The lowest BCUT2D eigenvalue weighted by atomic mass is 9.93. The van der Waals surface area contributed by atoms with E-state index in [1.807, 2.05) is 13.1 Å². The fourth-order valence-corrected chi connectivity index (χ4v) is 3.21. The molecule has 0 atom stereocenters. The molecule has 1 N–H and O–H groups in total. The third kappa shape index (κ3) is 4.13. The van der Waals surface area contributed by atoms with Crippen LogP contribution in [-0.4, -0.2) is 38.1 Å². The minimum absolute atomic E-state index is 0.376. The van der Waals surface area contributed by atoms with E-state index < -0.39 is 0 Å². The molecule has 1 aromatic rings. The quantitative estimate of drug-likeness (QED) is 0.669. The second-order valence-corrected chi connectivity index (χ2v) is 7.06. The van der Waals surface area contributed by atoms with Crippen LogP contribution < -0.4 is 10.1 Å². The van der Waals surface area contributed by atoms with Gasteiger partial charge in [-0.25, -0.2) is 0 Å². The van der Waals surface area contributed by atoms with Crippen molar-refractivity contribution in [2.24, 2.45) is 10.4 Å². The molecule has 1 fully saturated rings. The normalized spacial score (nSPS) is 18.0. The molecule has 2 rings (SSSR count). The molecule has 116 valence electrons. The Hall–Kier alpha value is -1.23. The number of rotatable bonds is 3. The summed E-state index contributed by atoms with van der Waals surface area (Å²) in [5, 5.41) is 3.44. The predicted molar refractivity (Wildman–Crippen MR) is 90.9 cm³/mol. The maximum Gasteiger partial charge on any atom is 0.193 e. The van der Waals surface area contributed by atoms with Gasteiger partial charge in [0.1, 0.15) is 5.75 Å². The van der Waals surface area contributed by atoms with E-state index in [1.165, 1.54) is 12.0 Å². The summed E-state index contributed by atoms with van der Waals surface area (Å²) in [5.74, 6) is 1.83. The lowest BCUT2D eigenvalue weighted by molar-refractivity contribution is 0.370. The van der Waals surface area contributed by atoms with Crippen LogP contribution in [0.3, 0.4) is 0 Å². The zero-order chi connectivity index (χ0) is 15.5. The van der Waals surface area contributed by atoms with E-state index in [4.69, 9.17) is 4.74 Å². The van der Waals surface area contributed by atoms with E-state index in [-0.39, 0.29) is 0 Å². The zero-order valence-electron chi connectivity index (χ0n) is 13.2. The van der Waals surface area contributed by atoms with Crippen LogP contribution in [0.5, 0.6) is 5.75 Å². The molecular weight excluding hydrogens is 330 g/mol. The van der Waals surface area contributed by atoms with Crippen molar-refractivity contribution in [3.63, 3.8) is 0 Å². The van der Waals surface area contributed by atoms with Crippen molar-refractivity contribution in [1.82, 2.24) is 10.2 Å². The first-order chi connectivity index (χ1) is 9.95. The van der Waals surface area contributed by atoms with Crippen molar-refractivity contribution < 1.29 is 4.74 Å². The average Bonchev–Trinajstić information content (AvgIpc) is 2.80. The van der Waals surface area contributed by atoms with Gasteiger partial charge in [-0.3, -0.25) is 4.99 Å². The Morgan fingerprint density at radius 2 is 2.24 bits per heavy atom. The van der Waals surface area contributed by atoms with Crippen molar-refractivity contribution >= 4 is 21.9 Å². The fraction of sp³-hybridized carbons (Fsp3) is 0.562. The highest BCUT2D eigenvalue weighted by atomic mass is 79.9. The minimum atomic E-state index is 0.376. The summed E-state index contributed by atoms with van der Waals surface area (Å²) in [6, 6.07) is 6.12. The lowest BCUT2D eigenvalue weighted by Gasteiger charge is -2.23. The molecule has 1 heterocycles. The number of methoxy groups -OCH3 is 1. The number of hydrogen-bond acceptors (Lipinski definition) is 2. The number of aliphatic imine (C=N–C) groups is 1. The summed E-state index contributed by atoms with van der Waals surface area (Å²) in [5.41, 5.74) is 1.57. The molecule has 0 spiro atoms. The van der Waals surface area contributed by atoms with Gasteiger partial charge in [-0.15, -0.1) is 0 Å². The van der Waals surface area contributed by atoms with E-state index >= 15 is 0 Å². The molecule has 1 aliphatic heterocycles. The van der Waals surface area contributed by atoms with Gasteiger partial charge in [-0.05, 0) is 45.5 Å². The molecule has 0 unspecified atom stereocenters. The summed E-state index contributed by atoms with van der Waals surface area (Å²) in [4.78, 5) is 6.73. The van der Waals surface area contributed by atoms with Crippen molar-refractivity contribution in [3.8, 4) is 5.75 Å². The summed E-state index contributed by atoms with van der Waals surface area (Å²) < 4.78 is 6.23. The highest BCUT2D eigenvalue weighted by molar-refractivity contribution is 9.10. The molecule has 0 saturated carbocycles. The molecule has 4 nitrogen and oxygen atoms in total. The number of guanidine groups is 1. The molecule has 0 aliphatic carbocycles. The highest BCUT2D eigenvalue weighted by Crippen LogP contribution is 2.29. The largest absolute Gasteiger partial charge is 0.496 e. The molecule has 1 aliphatic rings. The SMILES string of the molecule is CN=C(NCc1ccc(OC)c(Br)c1)N1CCC(C)(C)C1. The molecule has 1 aromatic carbocycles. The van der Waals surface area contributed by atoms with Crippen molar-refractivity contribution in [1.29, 1.82) is 0 Å². The molecule has 0 aromatic heterocycles. The van der Waals surface area contributed by atoms with Gasteiger partial charge in [-0.2, -0.15) is 0 Å². The molecule has 0 amide bonds. The number of nitrogens with one attached hydrogen (secondary N) is 1. The van der Waals surface area contributed by atoms with E-state index in [9.17, 15) is 0 Å². The maximum absolute atomic E-state index is 5.25. The predicted octanol–water partition coefficient (Wildman–Crippen LogP) is 3.27. The van der Waals surface area contributed by atoms with Crippen LogP contribution in [0.25, 0.3) is 0 Å². The second-order valence-electron chi connectivity index (χ2n) is 6.21. The monoisotopic (exact) mass is 353 g/mol. The van der Waals surface area contributed by atoms with Gasteiger partial charge in [0.05, 0.1) is 11.6 Å². The molecule has 5 heteroatoms. The van der Waals surface area contributed by atoms with Gasteiger partial charge < -0.3 is 15.0 Å². The zero-order valence-corrected chi connectivity index (χ0v) is 14.8. The maximum atomic E-state index is 5.25. The molecule has 1 saturated heterocycles. The molecular formula is C16H24BrN3O. The van der Waals surface area contributed by atoms with Gasteiger partial charge in [0, 0.05) is 26.7 Å². The third-order valence-corrected chi connectivity index (χ3v) is 4.48. The Kier molecular flexibility index (Phi) is 5.14. The standard InChI is InChI=1S/C16H24BrN3O/c1-16(2)7-8-20(11-16)15(18-3)19-10-12-5-6-14(21-4)13(17)9-12/h5-6,9H,7-8,10-11H2,1-4H3,(H,18,19). The number of halogens is 1. The van der Waals surface area contributed by atoms with Gasteiger partial charge in [0.15, 0.2) is 5.96 Å². The number of likely N-dealkylation sites (tertiary alicyclic amines) is 1. The van der Waals surface area contributed by atoms with E-state index in [0.29, 0.717) is 5.41 Å². The summed E-state index contributed by atoms with van der Waals surface area (Å²) >= 11 is 3.52. The van der Waals surface area contributed by atoms with Crippen molar-refractivity contribution in [3.05, 3.63) is 28.2 Å². The summed E-state index contributed by atoms with van der Waals surface area (Å²) in [7, 11) is 3.52. The van der Waals surface area contributed by atoms with E-state index in [0.717, 1.165) is 35.8 Å². The topological polar surface area (TPSA) is 36.9 Å². The molecule has 0 radical (unpaired) electrons. The van der Waals surface area contributed by atoms with Crippen LogP contribution in [0.4, 0.5) is 0 Å². The smallest absolute Gasteiger partial charge is 0.193 e. The van der Waals surface area contributed by atoms with Crippen LogP contribution >= 0.6 is 15.9 Å². The third-order valence-electron chi connectivity index (χ3n) is 3.86. The summed E-state index contributed by atoms with van der Waals surface area (Å²) in [6.45, 7) is 7.49. The molecule has 0 bridgehead atoms. The Morgan fingerprint density at radius 3 is 2.76 bits per heavy atom. The second kappa shape index (κ2) is 6.69. The Balaban J connectivity index is 1.96. The Labute approximate surface area is 135 Å². The Morgan fingerprint density at radius 1 is 1.48 bits per heavy atom. The number of hydrogen-bond donors (Lipinski definition) is 1. The van der Waals surface area contributed by atoms with Gasteiger partial charge in [0.2, 0.25) is 0 Å². The van der Waals surface area contributed by atoms with Crippen LogP contribution in [0.15, 0.2) is 27.7 Å². The highest BCUT2D eigenvalue weighted by Gasteiger charge is 2.30. The minimum Gasteiger partial charge on any atom is -0.496 e. The number of benzene rings is 1. The lowest BCUT2D eigenvalue weighted by Crippen LogP contribution is -2.40. The van der Waals surface area contributed by atoms with Crippen molar-refractivity contribution in [2.45, 2.75) is 26.8 Å². The first-order valence-corrected chi connectivity index (χ1v) is 8.02. The van der Waals surface area contributed by atoms with Gasteiger partial charge >= 0.3 is 0 Å². The number of ether oxygens (including phenoxy) is 1.